The van der Waals surface area contributed by atoms with Gasteiger partial charge in [-0.05, 0) is 29.8 Å². The van der Waals surface area contributed by atoms with Crippen molar-refractivity contribution in [3.63, 3.8) is 0 Å². The number of nitrogens with one attached hydrogen (secondary N) is 1. The Labute approximate surface area is 146 Å². The molecular weight excluding hydrogens is 359 g/mol. The van der Waals surface area contributed by atoms with E-state index in [0.29, 0.717) is 10.6 Å². The molecule has 25 heavy (non-hydrogen) atoms. The van der Waals surface area contributed by atoms with E-state index in [1.54, 1.807) is 24.3 Å². The lowest BCUT2D eigenvalue weighted by molar-refractivity contribution is -0.146. The molecular formula is C17H13ClF3NO3. The number of benzene rings is 2. The van der Waals surface area contributed by atoms with E-state index in [1.165, 1.54) is 12.1 Å². The molecule has 0 saturated heterocycles. The summed E-state index contributed by atoms with van der Waals surface area (Å²) in [6.45, 7) is -0.612. The summed E-state index contributed by atoms with van der Waals surface area (Å²) in [4.78, 5) is 23.4. The zero-order chi connectivity index (χ0) is 18.4. The Morgan fingerprint density at radius 1 is 1.08 bits per heavy atom. The van der Waals surface area contributed by atoms with Crippen molar-refractivity contribution < 1.29 is 27.5 Å². The number of alkyl halides is 3. The summed E-state index contributed by atoms with van der Waals surface area (Å²) in [5.74, 6) is -1.42. The number of carbonyl (C=O) groups excluding carboxylic acids is 2. The second-order valence-electron chi connectivity index (χ2n) is 5.06. The quantitative estimate of drug-likeness (QED) is 0.806. The molecule has 2 aromatic rings. The molecule has 0 radical (unpaired) electrons. The van der Waals surface area contributed by atoms with E-state index in [-0.39, 0.29) is 12.1 Å². The van der Waals surface area contributed by atoms with Crippen LogP contribution in [-0.4, -0.2) is 18.5 Å². The molecule has 8 heteroatoms. The van der Waals surface area contributed by atoms with Gasteiger partial charge in [0.15, 0.2) is 6.61 Å². The van der Waals surface area contributed by atoms with Gasteiger partial charge in [-0.1, -0.05) is 35.9 Å². The molecule has 2 aromatic carbocycles. The van der Waals surface area contributed by atoms with Crippen molar-refractivity contribution in [1.82, 2.24) is 0 Å². The van der Waals surface area contributed by atoms with E-state index >= 15 is 0 Å². The van der Waals surface area contributed by atoms with Crippen molar-refractivity contribution in [3.05, 3.63) is 64.7 Å². The normalized spacial score (nSPS) is 11.0. The molecule has 0 fully saturated rings. The first-order chi connectivity index (χ1) is 11.8. The highest BCUT2D eigenvalue weighted by Gasteiger charge is 2.30. The van der Waals surface area contributed by atoms with Crippen molar-refractivity contribution in [2.75, 3.05) is 11.9 Å². The minimum Gasteiger partial charge on any atom is -0.455 e. The molecule has 0 aliphatic carbocycles. The van der Waals surface area contributed by atoms with Gasteiger partial charge in [-0.3, -0.25) is 9.59 Å². The maximum atomic E-state index is 12.6. The number of halogens is 4. The molecule has 0 aliphatic rings. The van der Waals surface area contributed by atoms with Gasteiger partial charge in [0.05, 0.1) is 12.0 Å². The summed E-state index contributed by atoms with van der Waals surface area (Å²) in [7, 11) is 0. The maximum absolute atomic E-state index is 12.6. The lowest BCUT2D eigenvalue weighted by atomic mass is 10.1. The van der Waals surface area contributed by atoms with Crippen LogP contribution in [0.3, 0.4) is 0 Å². The average Bonchev–Trinajstić information content (AvgIpc) is 2.55. The third-order valence-electron chi connectivity index (χ3n) is 3.13. The van der Waals surface area contributed by atoms with Crippen molar-refractivity contribution in [1.29, 1.82) is 0 Å². The number of anilines is 1. The summed E-state index contributed by atoms with van der Waals surface area (Å²) in [6.07, 6.45) is -4.63. The molecule has 0 aliphatic heterocycles. The maximum Gasteiger partial charge on any atom is 0.416 e. The standard InChI is InChI=1S/C17H13ClF3NO3/c18-14-7-2-1-4-11(14)8-16(24)25-10-15(23)22-13-6-3-5-12(9-13)17(19,20)21/h1-7,9H,8,10H2,(H,22,23). The van der Waals surface area contributed by atoms with Crippen LogP contribution in [0.15, 0.2) is 48.5 Å². The monoisotopic (exact) mass is 371 g/mol. The number of hydrogen-bond acceptors (Lipinski definition) is 3. The van der Waals surface area contributed by atoms with Gasteiger partial charge in [0.1, 0.15) is 0 Å². The molecule has 1 amide bonds. The van der Waals surface area contributed by atoms with Crippen LogP contribution >= 0.6 is 11.6 Å². The first-order valence-corrected chi connectivity index (χ1v) is 7.49. The van der Waals surface area contributed by atoms with E-state index in [1.807, 2.05) is 0 Å². The molecule has 4 nitrogen and oxygen atoms in total. The molecule has 132 valence electrons. The molecule has 0 bridgehead atoms. The number of hydrogen-bond donors (Lipinski definition) is 1. The Kier molecular flexibility index (Phi) is 6.03. The van der Waals surface area contributed by atoms with Gasteiger partial charge < -0.3 is 10.1 Å². The Balaban J connectivity index is 1.87. The van der Waals surface area contributed by atoms with E-state index in [4.69, 9.17) is 16.3 Å². The molecule has 0 spiro atoms. The minimum atomic E-state index is -4.51. The van der Waals surface area contributed by atoms with Crippen LogP contribution in [0.2, 0.25) is 5.02 Å². The van der Waals surface area contributed by atoms with Crippen LogP contribution in [0.25, 0.3) is 0 Å². The number of rotatable bonds is 5. The topological polar surface area (TPSA) is 55.4 Å². The average molecular weight is 372 g/mol. The summed E-state index contributed by atoms with van der Waals surface area (Å²) < 4.78 is 42.6. The third-order valence-corrected chi connectivity index (χ3v) is 3.50. The third kappa shape index (κ3) is 5.79. The van der Waals surface area contributed by atoms with Crippen molar-refractivity contribution in [2.45, 2.75) is 12.6 Å². The number of amides is 1. The summed E-state index contributed by atoms with van der Waals surface area (Å²) in [5, 5.41) is 2.64. The number of carbonyl (C=O) groups is 2. The van der Waals surface area contributed by atoms with Crippen LogP contribution in [0.1, 0.15) is 11.1 Å². The Bertz CT molecular complexity index is 778. The number of esters is 1. The van der Waals surface area contributed by atoms with Gasteiger partial charge in [-0.25, -0.2) is 0 Å². The SMILES string of the molecule is O=C(COC(=O)Cc1ccccc1Cl)Nc1cccc(C(F)(F)F)c1. The van der Waals surface area contributed by atoms with Crippen LogP contribution < -0.4 is 5.32 Å². The van der Waals surface area contributed by atoms with Crippen LogP contribution in [0.4, 0.5) is 18.9 Å². The predicted octanol–water partition coefficient (Wildman–Crippen LogP) is 4.08. The summed E-state index contributed by atoms with van der Waals surface area (Å²) >= 11 is 5.91. The smallest absolute Gasteiger partial charge is 0.416 e. The fourth-order valence-corrected chi connectivity index (χ4v) is 2.17. The first-order valence-electron chi connectivity index (χ1n) is 7.12. The predicted molar refractivity (Wildman–Crippen MR) is 86.2 cm³/mol. The zero-order valence-electron chi connectivity index (χ0n) is 12.8. The fourth-order valence-electron chi connectivity index (χ4n) is 1.96. The molecule has 1 N–H and O–H groups in total. The van der Waals surface area contributed by atoms with Crippen LogP contribution in [0, 0.1) is 0 Å². The van der Waals surface area contributed by atoms with Gasteiger partial charge in [0.2, 0.25) is 0 Å². The molecule has 0 saturated carbocycles. The van der Waals surface area contributed by atoms with Crippen LogP contribution in [0.5, 0.6) is 0 Å². The van der Waals surface area contributed by atoms with Crippen molar-refractivity contribution in [3.8, 4) is 0 Å². The molecule has 2 rings (SSSR count). The van der Waals surface area contributed by atoms with Gasteiger partial charge >= 0.3 is 12.1 Å². The fraction of sp³-hybridized carbons (Fsp3) is 0.176. The Morgan fingerprint density at radius 3 is 2.48 bits per heavy atom. The minimum absolute atomic E-state index is 0.0398. The first kappa shape index (κ1) is 18.8. The molecule has 0 aromatic heterocycles. The van der Waals surface area contributed by atoms with E-state index in [2.05, 4.69) is 5.32 Å². The number of ether oxygens (including phenoxy) is 1. The Hall–Kier alpha value is -2.54. The molecule has 0 atom stereocenters. The summed E-state index contributed by atoms with van der Waals surface area (Å²) in [6, 6.07) is 10.8. The molecule has 0 heterocycles. The lowest BCUT2D eigenvalue weighted by Crippen LogP contribution is -2.22. The second kappa shape index (κ2) is 8.02. The second-order valence-corrected chi connectivity index (χ2v) is 5.46. The van der Waals surface area contributed by atoms with Gasteiger partial charge in [-0.2, -0.15) is 13.2 Å². The highest BCUT2D eigenvalue weighted by molar-refractivity contribution is 6.31. The van der Waals surface area contributed by atoms with E-state index in [0.717, 1.165) is 12.1 Å². The van der Waals surface area contributed by atoms with E-state index in [9.17, 15) is 22.8 Å². The largest absolute Gasteiger partial charge is 0.455 e. The highest BCUT2D eigenvalue weighted by atomic mass is 35.5. The van der Waals surface area contributed by atoms with Gasteiger partial charge in [-0.15, -0.1) is 0 Å². The highest BCUT2D eigenvalue weighted by Crippen LogP contribution is 2.30. The molecule has 0 unspecified atom stereocenters. The van der Waals surface area contributed by atoms with Crippen molar-refractivity contribution >= 4 is 29.2 Å². The van der Waals surface area contributed by atoms with Crippen LogP contribution in [-0.2, 0) is 26.9 Å². The summed E-state index contributed by atoms with van der Waals surface area (Å²) in [5.41, 5.74) is -0.379. The van der Waals surface area contributed by atoms with Crippen molar-refractivity contribution in [2.24, 2.45) is 0 Å². The van der Waals surface area contributed by atoms with Gasteiger partial charge in [0.25, 0.3) is 5.91 Å². The lowest BCUT2D eigenvalue weighted by Gasteiger charge is -2.10. The Morgan fingerprint density at radius 2 is 1.80 bits per heavy atom. The van der Waals surface area contributed by atoms with Gasteiger partial charge in [0, 0.05) is 10.7 Å². The van der Waals surface area contributed by atoms with E-state index < -0.39 is 30.2 Å². The zero-order valence-corrected chi connectivity index (χ0v) is 13.5.